The summed E-state index contributed by atoms with van der Waals surface area (Å²) in [5.41, 5.74) is 3.12. The van der Waals surface area contributed by atoms with Crippen molar-refractivity contribution in [1.29, 1.82) is 0 Å². The molecular formula is C35H23Cl2N3O4S2. The summed E-state index contributed by atoms with van der Waals surface area (Å²) in [6.07, 6.45) is 0. The zero-order valence-electron chi connectivity index (χ0n) is 23.7. The highest BCUT2D eigenvalue weighted by atomic mass is 35.5. The monoisotopic (exact) mass is 683 g/mol. The van der Waals surface area contributed by atoms with Crippen LogP contribution in [0.1, 0.15) is 31.5 Å². The molecule has 0 saturated heterocycles. The number of aromatic nitrogens is 1. The minimum atomic E-state index is -1.11. The second-order valence-electron chi connectivity index (χ2n) is 10.1. The van der Waals surface area contributed by atoms with Gasteiger partial charge in [-0.15, -0.1) is 23.1 Å². The first-order valence-electron chi connectivity index (χ1n) is 13.9. The van der Waals surface area contributed by atoms with Crippen LogP contribution in [-0.2, 0) is 4.79 Å². The van der Waals surface area contributed by atoms with Gasteiger partial charge in [0, 0.05) is 32.5 Å². The van der Waals surface area contributed by atoms with E-state index in [0.29, 0.717) is 37.3 Å². The van der Waals surface area contributed by atoms with E-state index in [2.05, 4.69) is 15.6 Å². The molecule has 1 unspecified atom stereocenters. The van der Waals surface area contributed by atoms with Crippen molar-refractivity contribution in [3.05, 3.63) is 141 Å². The smallest absolute Gasteiger partial charge is 0.336 e. The zero-order valence-corrected chi connectivity index (χ0v) is 26.9. The molecule has 5 aromatic carbocycles. The maximum Gasteiger partial charge on any atom is 0.336 e. The summed E-state index contributed by atoms with van der Waals surface area (Å²) in [6, 6.07) is 31.8. The fraction of sp³-hybridized carbons (Fsp3) is 0.0286. The molecular weight excluding hydrogens is 661 g/mol. The Morgan fingerprint density at radius 1 is 0.783 bits per heavy atom. The van der Waals surface area contributed by atoms with Gasteiger partial charge in [0.2, 0.25) is 5.91 Å². The van der Waals surface area contributed by atoms with Gasteiger partial charge >= 0.3 is 5.97 Å². The third kappa shape index (κ3) is 6.93. The molecule has 0 aliphatic carbocycles. The van der Waals surface area contributed by atoms with Crippen molar-refractivity contribution < 1.29 is 19.5 Å². The molecule has 7 nitrogen and oxygen atoms in total. The molecule has 0 aliphatic rings. The standard InChI is InChI=1S/C35H23Cl2N3O4S2/c36-27-17-12-22(18-28(27)37)29-19-45-35(39-29)40-33(42)31(21-6-2-1-3-7-21)46-24-15-13-23(14-16-24)38-32(41)25-10-4-8-20-9-5-11-26(30(20)25)34(43)44/h1-19,31H,(H,38,41)(H,43,44)(H,39,40,42). The minimum Gasteiger partial charge on any atom is -0.478 e. The van der Waals surface area contributed by atoms with Crippen LogP contribution < -0.4 is 10.6 Å². The number of nitrogens with one attached hydrogen (secondary N) is 2. The van der Waals surface area contributed by atoms with Gasteiger partial charge in [-0.05, 0) is 59.5 Å². The van der Waals surface area contributed by atoms with Gasteiger partial charge in [0.05, 0.1) is 21.3 Å². The number of carbonyl (C=O) groups is 3. The van der Waals surface area contributed by atoms with Crippen LogP contribution in [0.4, 0.5) is 10.8 Å². The lowest BCUT2D eigenvalue weighted by Gasteiger charge is -2.16. The van der Waals surface area contributed by atoms with Crippen LogP contribution in [0.5, 0.6) is 0 Å². The van der Waals surface area contributed by atoms with Crippen LogP contribution in [0.25, 0.3) is 22.0 Å². The molecule has 0 aliphatic heterocycles. The second-order valence-corrected chi connectivity index (χ2v) is 12.9. The molecule has 2 amide bonds. The quantitative estimate of drug-likeness (QED) is 0.131. The molecule has 0 fully saturated rings. The Kier molecular flexibility index (Phi) is 9.37. The number of carbonyl (C=O) groups excluding carboxylic acids is 2. The number of halogens is 2. The van der Waals surface area contributed by atoms with Gasteiger partial charge in [-0.3, -0.25) is 9.59 Å². The number of rotatable bonds is 9. The maximum atomic E-state index is 13.6. The lowest BCUT2D eigenvalue weighted by Crippen LogP contribution is -2.19. The first kappa shape index (κ1) is 31.3. The summed E-state index contributed by atoms with van der Waals surface area (Å²) in [5.74, 6) is -1.77. The van der Waals surface area contributed by atoms with Crippen molar-refractivity contribution in [1.82, 2.24) is 4.98 Å². The molecule has 46 heavy (non-hydrogen) atoms. The van der Waals surface area contributed by atoms with Crippen LogP contribution in [-0.4, -0.2) is 27.9 Å². The lowest BCUT2D eigenvalue weighted by atomic mass is 9.98. The Morgan fingerprint density at radius 2 is 1.50 bits per heavy atom. The summed E-state index contributed by atoms with van der Waals surface area (Å²) in [4.78, 5) is 44.1. The molecule has 6 aromatic rings. The number of amides is 2. The number of benzene rings is 5. The zero-order chi connectivity index (χ0) is 32.2. The topological polar surface area (TPSA) is 108 Å². The van der Waals surface area contributed by atoms with Gasteiger partial charge in [-0.2, -0.15) is 0 Å². The van der Waals surface area contributed by atoms with Crippen molar-refractivity contribution in [2.24, 2.45) is 0 Å². The number of thiazole rings is 1. The van der Waals surface area contributed by atoms with E-state index in [4.69, 9.17) is 23.2 Å². The first-order valence-corrected chi connectivity index (χ1v) is 16.4. The Balaban J connectivity index is 1.19. The number of hydrogen-bond acceptors (Lipinski definition) is 6. The van der Waals surface area contributed by atoms with E-state index in [1.165, 1.54) is 29.2 Å². The lowest BCUT2D eigenvalue weighted by molar-refractivity contribution is -0.115. The van der Waals surface area contributed by atoms with Crippen molar-refractivity contribution in [3.8, 4) is 11.3 Å². The summed E-state index contributed by atoms with van der Waals surface area (Å²) in [6.45, 7) is 0. The third-order valence-electron chi connectivity index (χ3n) is 7.04. The molecule has 1 heterocycles. The number of hydrogen-bond donors (Lipinski definition) is 3. The highest BCUT2D eigenvalue weighted by Gasteiger charge is 2.24. The molecule has 0 radical (unpaired) electrons. The van der Waals surface area contributed by atoms with Crippen LogP contribution in [0.15, 0.2) is 119 Å². The summed E-state index contributed by atoms with van der Waals surface area (Å²) in [7, 11) is 0. The summed E-state index contributed by atoms with van der Waals surface area (Å²) in [5, 5.41) is 19.1. The van der Waals surface area contributed by atoms with E-state index in [1.807, 2.05) is 53.9 Å². The molecule has 11 heteroatoms. The van der Waals surface area contributed by atoms with Gasteiger partial charge in [-0.25, -0.2) is 9.78 Å². The Morgan fingerprint density at radius 3 is 2.20 bits per heavy atom. The van der Waals surface area contributed by atoms with Crippen molar-refractivity contribution in [3.63, 3.8) is 0 Å². The largest absolute Gasteiger partial charge is 0.478 e. The summed E-state index contributed by atoms with van der Waals surface area (Å²) >= 11 is 14.9. The molecule has 6 rings (SSSR count). The van der Waals surface area contributed by atoms with Gasteiger partial charge < -0.3 is 15.7 Å². The molecule has 0 saturated carbocycles. The van der Waals surface area contributed by atoms with E-state index >= 15 is 0 Å². The minimum absolute atomic E-state index is 0.0589. The van der Waals surface area contributed by atoms with E-state index in [9.17, 15) is 19.5 Å². The number of nitrogens with zero attached hydrogens (tertiary/aromatic N) is 1. The number of anilines is 2. The molecule has 228 valence electrons. The van der Waals surface area contributed by atoms with Crippen molar-refractivity contribution >= 4 is 85.7 Å². The highest BCUT2D eigenvalue weighted by Crippen LogP contribution is 2.38. The number of aromatic carboxylic acids is 1. The van der Waals surface area contributed by atoms with Gasteiger partial charge in [0.15, 0.2) is 5.13 Å². The van der Waals surface area contributed by atoms with E-state index in [-0.39, 0.29) is 17.0 Å². The Bertz CT molecular complexity index is 2080. The molecule has 1 aromatic heterocycles. The molecule has 3 N–H and O–H groups in total. The van der Waals surface area contributed by atoms with Crippen molar-refractivity contribution in [2.45, 2.75) is 10.1 Å². The third-order valence-corrected chi connectivity index (χ3v) is 9.80. The van der Waals surface area contributed by atoms with Gasteiger partial charge in [0.25, 0.3) is 5.91 Å². The number of thioether (sulfide) groups is 1. The van der Waals surface area contributed by atoms with Crippen LogP contribution in [0, 0.1) is 0 Å². The average Bonchev–Trinajstić information content (AvgIpc) is 3.53. The predicted molar refractivity (Wildman–Crippen MR) is 187 cm³/mol. The Labute approximate surface area is 282 Å². The number of carboxylic acids is 1. The predicted octanol–water partition coefficient (Wildman–Crippen LogP) is 9.69. The fourth-order valence-electron chi connectivity index (χ4n) is 4.85. The molecule has 1 atom stereocenters. The molecule has 0 spiro atoms. The normalized spacial score (nSPS) is 11.6. The van der Waals surface area contributed by atoms with E-state index < -0.39 is 17.1 Å². The second kappa shape index (κ2) is 13.8. The summed E-state index contributed by atoms with van der Waals surface area (Å²) < 4.78 is 0. The average molecular weight is 685 g/mol. The van der Waals surface area contributed by atoms with Crippen LogP contribution in [0.3, 0.4) is 0 Å². The maximum absolute atomic E-state index is 13.6. The first-order chi connectivity index (χ1) is 22.3. The Hall–Kier alpha value is -4.67. The SMILES string of the molecule is O=C(O)c1cccc2cccc(C(=O)Nc3ccc(SC(C(=O)Nc4nc(-c5ccc(Cl)c(Cl)c5)cs4)c4ccccc4)cc3)c12. The number of fused-ring (bicyclic) bond motifs is 1. The van der Waals surface area contributed by atoms with Crippen LogP contribution in [0.2, 0.25) is 10.0 Å². The van der Waals surface area contributed by atoms with E-state index in [0.717, 1.165) is 16.0 Å². The number of carboxylic acid groups (broad SMARTS) is 1. The van der Waals surface area contributed by atoms with E-state index in [1.54, 1.807) is 54.6 Å². The highest BCUT2D eigenvalue weighted by molar-refractivity contribution is 8.00. The van der Waals surface area contributed by atoms with Gasteiger partial charge in [-0.1, -0.05) is 83.9 Å². The fourth-order valence-corrected chi connectivity index (χ4v) is 6.90. The molecule has 0 bridgehead atoms. The van der Waals surface area contributed by atoms with Crippen molar-refractivity contribution in [2.75, 3.05) is 10.6 Å². The van der Waals surface area contributed by atoms with Gasteiger partial charge in [0.1, 0.15) is 5.25 Å². The van der Waals surface area contributed by atoms with Crippen LogP contribution >= 0.6 is 46.3 Å².